The van der Waals surface area contributed by atoms with Gasteiger partial charge >= 0.3 is 0 Å². The first-order chi connectivity index (χ1) is 9.99. The quantitative estimate of drug-likeness (QED) is 0.793. The number of rotatable bonds is 3. The lowest BCUT2D eigenvalue weighted by Crippen LogP contribution is -2.50. The number of benzene rings is 1. The van der Waals surface area contributed by atoms with Crippen molar-refractivity contribution in [3.63, 3.8) is 0 Å². The first-order valence-corrected chi connectivity index (χ1v) is 7.89. The first-order valence-electron chi connectivity index (χ1n) is 7.14. The van der Waals surface area contributed by atoms with Gasteiger partial charge in [-0.1, -0.05) is 29.3 Å². The SMILES string of the molecule is CC(C)N1CCN(C(=O)/C=C/c2c(Cl)cccc2Cl)CC1. The normalized spacial score (nSPS) is 16.9. The molecule has 0 saturated carbocycles. The average molecular weight is 327 g/mol. The van der Waals surface area contributed by atoms with E-state index in [0.717, 1.165) is 26.2 Å². The molecule has 0 bridgehead atoms. The molecule has 114 valence electrons. The van der Waals surface area contributed by atoms with Crippen LogP contribution in [0, 0.1) is 0 Å². The minimum atomic E-state index is 0.00870. The summed E-state index contributed by atoms with van der Waals surface area (Å²) < 4.78 is 0. The van der Waals surface area contributed by atoms with E-state index in [4.69, 9.17) is 23.2 Å². The lowest BCUT2D eigenvalue weighted by Gasteiger charge is -2.36. The van der Waals surface area contributed by atoms with E-state index in [1.165, 1.54) is 0 Å². The fourth-order valence-electron chi connectivity index (χ4n) is 2.39. The van der Waals surface area contributed by atoms with Gasteiger partial charge in [0.05, 0.1) is 0 Å². The van der Waals surface area contributed by atoms with Crippen molar-refractivity contribution in [2.45, 2.75) is 19.9 Å². The van der Waals surface area contributed by atoms with Crippen LogP contribution in [0.1, 0.15) is 19.4 Å². The molecule has 1 aliphatic rings. The highest BCUT2D eigenvalue weighted by Crippen LogP contribution is 2.25. The third-order valence-electron chi connectivity index (χ3n) is 3.75. The van der Waals surface area contributed by atoms with E-state index >= 15 is 0 Å². The maximum atomic E-state index is 12.2. The van der Waals surface area contributed by atoms with Crippen LogP contribution < -0.4 is 0 Å². The Hall–Kier alpha value is -1.03. The number of hydrogen-bond donors (Lipinski definition) is 0. The molecule has 5 heteroatoms. The lowest BCUT2D eigenvalue weighted by atomic mass is 10.2. The molecule has 21 heavy (non-hydrogen) atoms. The predicted octanol–water partition coefficient (Wildman–Crippen LogP) is 3.56. The number of carbonyl (C=O) groups is 1. The molecule has 1 heterocycles. The smallest absolute Gasteiger partial charge is 0.246 e. The second kappa shape index (κ2) is 7.30. The van der Waals surface area contributed by atoms with Crippen LogP contribution in [0.15, 0.2) is 24.3 Å². The van der Waals surface area contributed by atoms with Crippen molar-refractivity contribution in [3.8, 4) is 0 Å². The van der Waals surface area contributed by atoms with Crippen molar-refractivity contribution < 1.29 is 4.79 Å². The Morgan fingerprint density at radius 2 is 1.71 bits per heavy atom. The minimum absolute atomic E-state index is 0.00870. The minimum Gasteiger partial charge on any atom is -0.337 e. The largest absolute Gasteiger partial charge is 0.337 e. The molecule has 0 aliphatic carbocycles. The highest BCUT2D eigenvalue weighted by Gasteiger charge is 2.20. The van der Waals surface area contributed by atoms with Crippen LogP contribution in [0.25, 0.3) is 6.08 Å². The Bertz CT molecular complexity index is 515. The number of piperazine rings is 1. The maximum Gasteiger partial charge on any atom is 0.246 e. The van der Waals surface area contributed by atoms with Crippen LogP contribution in [-0.4, -0.2) is 47.9 Å². The van der Waals surface area contributed by atoms with E-state index in [2.05, 4.69) is 18.7 Å². The summed E-state index contributed by atoms with van der Waals surface area (Å²) in [6, 6.07) is 5.84. The van der Waals surface area contributed by atoms with Gasteiger partial charge < -0.3 is 4.90 Å². The number of nitrogens with zero attached hydrogens (tertiary/aromatic N) is 2. The van der Waals surface area contributed by atoms with Crippen LogP contribution in [0.5, 0.6) is 0 Å². The van der Waals surface area contributed by atoms with Crippen LogP contribution in [0.2, 0.25) is 10.0 Å². The van der Waals surface area contributed by atoms with E-state index in [-0.39, 0.29) is 5.91 Å². The summed E-state index contributed by atoms with van der Waals surface area (Å²) in [6.07, 6.45) is 3.25. The van der Waals surface area contributed by atoms with Crippen molar-refractivity contribution in [2.75, 3.05) is 26.2 Å². The Labute approximate surface area is 136 Å². The Morgan fingerprint density at radius 1 is 1.14 bits per heavy atom. The van der Waals surface area contributed by atoms with Gasteiger partial charge in [0.25, 0.3) is 0 Å². The summed E-state index contributed by atoms with van der Waals surface area (Å²) in [6.45, 7) is 7.72. The van der Waals surface area contributed by atoms with Crippen LogP contribution in [0.3, 0.4) is 0 Å². The molecule has 0 radical (unpaired) electrons. The van der Waals surface area contributed by atoms with Crippen molar-refractivity contribution in [1.29, 1.82) is 0 Å². The van der Waals surface area contributed by atoms with Gasteiger partial charge in [-0.2, -0.15) is 0 Å². The second-order valence-electron chi connectivity index (χ2n) is 5.42. The topological polar surface area (TPSA) is 23.6 Å². The van der Waals surface area contributed by atoms with Gasteiger partial charge in [-0.15, -0.1) is 0 Å². The first kappa shape index (κ1) is 16.3. The van der Waals surface area contributed by atoms with E-state index in [0.29, 0.717) is 21.7 Å². The van der Waals surface area contributed by atoms with E-state index in [9.17, 15) is 4.79 Å². The molecule has 1 fully saturated rings. The van der Waals surface area contributed by atoms with Crippen molar-refractivity contribution in [3.05, 3.63) is 39.9 Å². The van der Waals surface area contributed by atoms with Gasteiger partial charge in [-0.3, -0.25) is 9.69 Å². The number of halogens is 2. The molecule has 1 aromatic carbocycles. The highest BCUT2D eigenvalue weighted by atomic mass is 35.5. The Kier molecular flexibility index (Phi) is 5.68. The second-order valence-corrected chi connectivity index (χ2v) is 6.24. The molecule has 1 amide bonds. The molecule has 1 aliphatic heterocycles. The van der Waals surface area contributed by atoms with Gasteiger partial charge in [0.1, 0.15) is 0 Å². The van der Waals surface area contributed by atoms with Gasteiger partial charge in [-0.25, -0.2) is 0 Å². The zero-order valence-corrected chi connectivity index (χ0v) is 13.9. The van der Waals surface area contributed by atoms with Gasteiger partial charge in [-0.05, 0) is 32.1 Å². The average Bonchev–Trinajstić information content (AvgIpc) is 2.46. The molecule has 0 spiro atoms. The summed E-state index contributed by atoms with van der Waals surface area (Å²) in [4.78, 5) is 16.4. The van der Waals surface area contributed by atoms with Crippen LogP contribution in [-0.2, 0) is 4.79 Å². The van der Waals surface area contributed by atoms with Crippen molar-refractivity contribution in [2.24, 2.45) is 0 Å². The molecular formula is C16H20Cl2N2O. The molecular weight excluding hydrogens is 307 g/mol. The van der Waals surface area contributed by atoms with Gasteiger partial charge in [0.15, 0.2) is 0 Å². The maximum absolute atomic E-state index is 12.2. The third kappa shape index (κ3) is 4.22. The molecule has 1 saturated heterocycles. The summed E-state index contributed by atoms with van der Waals surface area (Å²) in [5.74, 6) is 0.00870. The van der Waals surface area contributed by atoms with Crippen molar-refractivity contribution in [1.82, 2.24) is 9.80 Å². The summed E-state index contributed by atoms with van der Waals surface area (Å²) in [7, 11) is 0. The monoisotopic (exact) mass is 326 g/mol. The molecule has 0 N–H and O–H groups in total. The number of amides is 1. The van der Waals surface area contributed by atoms with Crippen LogP contribution >= 0.6 is 23.2 Å². The molecule has 0 aromatic heterocycles. The molecule has 0 atom stereocenters. The summed E-state index contributed by atoms with van der Waals surface area (Å²) in [5, 5.41) is 1.10. The Morgan fingerprint density at radius 3 is 2.24 bits per heavy atom. The summed E-state index contributed by atoms with van der Waals surface area (Å²) >= 11 is 12.2. The number of carbonyl (C=O) groups excluding carboxylic acids is 1. The predicted molar refractivity (Wildman–Crippen MR) is 88.8 cm³/mol. The highest BCUT2D eigenvalue weighted by molar-refractivity contribution is 6.37. The molecule has 2 rings (SSSR count). The zero-order chi connectivity index (χ0) is 15.4. The zero-order valence-electron chi connectivity index (χ0n) is 12.4. The fraction of sp³-hybridized carbons (Fsp3) is 0.438. The van der Waals surface area contributed by atoms with Gasteiger partial charge in [0.2, 0.25) is 5.91 Å². The van der Waals surface area contributed by atoms with Crippen LogP contribution in [0.4, 0.5) is 0 Å². The Balaban J connectivity index is 1.98. The van der Waals surface area contributed by atoms with E-state index in [1.807, 2.05) is 4.90 Å². The number of hydrogen-bond acceptors (Lipinski definition) is 2. The van der Waals surface area contributed by atoms with Gasteiger partial charge in [0, 0.05) is 53.9 Å². The summed E-state index contributed by atoms with van der Waals surface area (Å²) in [5.41, 5.74) is 0.690. The lowest BCUT2D eigenvalue weighted by molar-refractivity contribution is -0.127. The van der Waals surface area contributed by atoms with E-state index < -0.39 is 0 Å². The standard InChI is InChI=1S/C16H20Cl2N2O/c1-12(2)19-8-10-20(11-9-19)16(21)7-6-13-14(17)4-3-5-15(13)18/h3-7,12H,8-11H2,1-2H3/b7-6+. The molecule has 1 aromatic rings. The fourth-order valence-corrected chi connectivity index (χ4v) is 2.91. The molecule has 0 unspecified atom stereocenters. The third-order valence-corrected chi connectivity index (χ3v) is 4.41. The van der Waals surface area contributed by atoms with E-state index in [1.54, 1.807) is 30.4 Å². The van der Waals surface area contributed by atoms with Crippen molar-refractivity contribution >= 4 is 35.2 Å². The molecule has 3 nitrogen and oxygen atoms in total.